The highest BCUT2D eigenvalue weighted by Gasteiger charge is 2.34. The molecule has 0 saturated carbocycles. The summed E-state index contributed by atoms with van der Waals surface area (Å²) in [6.07, 6.45) is 0.207. The van der Waals surface area contributed by atoms with Gasteiger partial charge in [-0.25, -0.2) is 15.0 Å². The van der Waals surface area contributed by atoms with E-state index in [1.807, 2.05) is 13.8 Å². The summed E-state index contributed by atoms with van der Waals surface area (Å²) >= 11 is 1.51. The number of carbonyl (C=O) groups excluding carboxylic acids is 1. The van der Waals surface area contributed by atoms with Crippen molar-refractivity contribution < 1.29 is 27.8 Å². The first-order chi connectivity index (χ1) is 15.7. The molecule has 0 aliphatic rings. The van der Waals surface area contributed by atoms with Gasteiger partial charge in [-0.15, -0.1) is 11.3 Å². The van der Waals surface area contributed by atoms with Gasteiger partial charge in [0.25, 0.3) is 5.91 Å². The molecule has 2 N–H and O–H groups in total. The maximum atomic E-state index is 12.8. The lowest BCUT2D eigenvalue weighted by Crippen LogP contribution is -2.23. The van der Waals surface area contributed by atoms with Crippen molar-refractivity contribution in [3.8, 4) is 16.3 Å². The number of ether oxygens (including phenoxy) is 1. The Balaban J connectivity index is 1.80. The molecule has 0 radical (unpaired) electrons. The van der Waals surface area contributed by atoms with E-state index in [2.05, 4.69) is 20.3 Å². The number of rotatable bonds is 9. The molecule has 0 aliphatic heterocycles. The summed E-state index contributed by atoms with van der Waals surface area (Å²) in [5.41, 5.74) is 1.34. The van der Waals surface area contributed by atoms with Crippen LogP contribution in [0.3, 0.4) is 0 Å². The summed E-state index contributed by atoms with van der Waals surface area (Å²) in [4.78, 5) is 24.9. The minimum Gasteiger partial charge on any atom is -0.491 e. The zero-order valence-electron chi connectivity index (χ0n) is 18.0. The van der Waals surface area contributed by atoms with E-state index in [4.69, 9.17) is 9.84 Å². The van der Waals surface area contributed by atoms with Gasteiger partial charge in [0.05, 0.1) is 6.10 Å². The van der Waals surface area contributed by atoms with Crippen molar-refractivity contribution in [1.29, 1.82) is 0 Å². The third-order valence-electron chi connectivity index (χ3n) is 4.60. The van der Waals surface area contributed by atoms with E-state index in [-0.39, 0.29) is 19.3 Å². The summed E-state index contributed by atoms with van der Waals surface area (Å²) in [5.74, 6) is -1.23. The van der Waals surface area contributed by atoms with Gasteiger partial charge in [-0.05, 0) is 31.5 Å². The van der Waals surface area contributed by atoms with Crippen LogP contribution in [0, 0.1) is 0 Å². The molecule has 1 amide bonds. The Morgan fingerprint density at radius 2 is 1.91 bits per heavy atom. The quantitative estimate of drug-likeness (QED) is 0.475. The lowest BCUT2D eigenvalue weighted by Gasteiger charge is -2.15. The van der Waals surface area contributed by atoms with E-state index in [1.165, 1.54) is 11.3 Å². The number of aryl methyl sites for hydroxylation is 1. The summed E-state index contributed by atoms with van der Waals surface area (Å²) < 4.78 is 43.7. The zero-order chi connectivity index (χ0) is 24.0. The van der Waals surface area contributed by atoms with Crippen LogP contribution in [0.5, 0.6) is 5.75 Å². The Labute approximate surface area is 192 Å². The summed E-state index contributed by atoms with van der Waals surface area (Å²) in [5, 5.41) is 12.5. The Morgan fingerprint density at radius 3 is 2.52 bits per heavy atom. The zero-order valence-corrected chi connectivity index (χ0v) is 18.8. The SMILES string of the molecule is CCc1cnc(-c2cc(O[C@H](C)CCO)cc(C(=O)NCc3cnc(C(F)(F)F)nc3)c2)s1. The first-order valence-corrected chi connectivity index (χ1v) is 11.0. The van der Waals surface area contributed by atoms with Gasteiger partial charge in [0.1, 0.15) is 10.8 Å². The molecule has 0 saturated heterocycles. The Bertz CT molecular complexity index is 1090. The first kappa shape index (κ1) is 24.6. The van der Waals surface area contributed by atoms with Crippen molar-refractivity contribution in [1.82, 2.24) is 20.3 Å². The number of halogens is 3. The number of alkyl halides is 3. The summed E-state index contributed by atoms with van der Waals surface area (Å²) in [6.45, 7) is 3.76. The number of amides is 1. The highest BCUT2D eigenvalue weighted by atomic mass is 32.1. The Kier molecular flexibility index (Phi) is 7.98. The molecule has 0 spiro atoms. The van der Waals surface area contributed by atoms with Crippen LogP contribution >= 0.6 is 11.3 Å². The number of hydrogen-bond donors (Lipinski definition) is 2. The number of aliphatic hydroxyl groups excluding tert-OH is 1. The predicted molar refractivity (Wildman–Crippen MR) is 117 cm³/mol. The fraction of sp³-hybridized carbons (Fsp3) is 0.364. The van der Waals surface area contributed by atoms with Crippen LogP contribution < -0.4 is 10.1 Å². The average Bonchev–Trinajstić information content (AvgIpc) is 3.26. The van der Waals surface area contributed by atoms with Gasteiger partial charge in [-0.3, -0.25) is 4.79 Å². The molecule has 33 heavy (non-hydrogen) atoms. The van der Waals surface area contributed by atoms with E-state index in [9.17, 15) is 18.0 Å². The molecule has 2 heterocycles. The van der Waals surface area contributed by atoms with Gasteiger partial charge in [0, 0.05) is 59.7 Å². The van der Waals surface area contributed by atoms with Crippen molar-refractivity contribution in [3.63, 3.8) is 0 Å². The fourth-order valence-corrected chi connectivity index (χ4v) is 3.72. The normalized spacial score (nSPS) is 12.4. The minimum atomic E-state index is -4.63. The van der Waals surface area contributed by atoms with E-state index in [0.717, 1.165) is 28.7 Å². The van der Waals surface area contributed by atoms with Gasteiger partial charge in [-0.2, -0.15) is 13.2 Å². The molecule has 0 fully saturated rings. The number of carbonyl (C=O) groups is 1. The molecule has 1 aromatic carbocycles. The second kappa shape index (κ2) is 10.7. The molecule has 3 aromatic rings. The van der Waals surface area contributed by atoms with E-state index in [0.29, 0.717) is 28.9 Å². The summed E-state index contributed by atoms with van der Waals surface area (Å²) in [6, 6.07) is 5.04. The molecule has 7 nitrogen and oxygen atoms in total. The number of thiazole rings is 1. The number of aromatic nitrogens is 3. The second-order valence-corrected chi connectivity index (χ2v) is 8.38. The highest BCUT2D eigenvalue weighted by molar-refractivity contribution is 7.15. The van der Waals surface area contributed by atoms with Crippen LogP contribution in [0.1, 0.15) is 46.9 Å². The van der Waals surface area contributed by atoms with Crippen molar-refractivity contribution in [2.45, 2.75) is 45.5 Å². The highest BCUT2D eigenvalue weighted by Crippen LogP contribution is 2.30. The van der Waals surface area contributed by atoms with Crippen molar-refractivity contribution in [2.75, 3.05) is 6.61 Å². The molecule has 0 unspecified atom stereocenters. The van der Waals surface area contributed by atoms with Crippen LogP contribution in [0.15, 0.2) is 36.8 Å². The van der Waals surface area contributed by atoms with Crippen molar-refractivity contribution >= 4 is 17.2 Å². The molecular weight excluding hydrogens is 457 g/mol. The van der Waals surface area contributed by atoms with Crippen molar-refractivity contribution in [3.05, 3.63) is 58.6 Å². The molecule has 1 atom stereocenters. The minimum absolute atomic E-state index is 0.0320. The standard InChI is InChI=1S/C22H23F3N4O3S/c1-3-18-12-27-20(33-18)16-6-15(7-17(8-16)32-13(2)4-5-30)19(31)26-9-14-10-28-21(29-11-14)22(23,24)25/h6-8,10-13,30H,3-5,9H2,1-2H3,(H,26,31)/t13-/m1/s1. The fourth-order valence-electron chi connectivity index (χ4n) is 2.88. The molecule has 176 valence electrons. The molecular formula is C22H23F3N4O3S. The number of nitrogens with zero attached hydrogens (tertiary/aromatic N) is 3. The smallest absolute Gasteiger partial charge is 0.451 e. The van der Waals surface area contributed by atoms with Gasteiger partial charge in [0.15, 0.2) is 0 Å². The molecule has 3 rings (SSSR count). The Hall–Kier alpha value is -3.05. The maximum Gasteiger partial charge on any atom is 0.451 e. The van der Waals surface area contributed by atoms with Gasteiger partial charge >= 0.3 is 6.18 Å². The van der Waals surface area contributed by atoms with Crippen LogP contribution in [-0.4, -0.2) is 38.7 Å². The Morgan fingerprint density at radius 1 is 1.18 bits per heavy atom. The first-order valence-electron chi connectivity index (χ1n) is 10.2. The van der Waals surface area contributed by atoms with Gasteiger partial charge < -0.3 is 15.2 Å². The monoisotopic (exact) mass is 480 g/mol. The van der Waals surface area contributed by atoms with Crippen LogP contribution in [0.2, 0.25) is 0 Å². The summed E-state index contributed by atoms with van der Waals surface area (Å²) in [7, 11) is 0. The van der Waals surface area contributed by atoms with Gasteiger partial charge in [0.2, 0.25) is 5.82 Å². The number of aliphatic hydroxyl groups is 1. The van der Waals surface area contributed by atoms with E-state index in [1.54, 1.807) is 24.4 Å². The third kappa shape index (κ3) is 6.72. The number of nitrogens with one attached hydrogen (secondary N) is 1. The number of benzene rings is 1. The maximum absolute atomic E-state index is 12.8. The lowest BCUT2D eigenvalue weighted by atomic mass is 10.1. The lowest BCUT2D eigenvalue weighted by molar-refractivity contribution is -0.145. The van der Waals surface area contributed by atoms with E-state index >= 15 is 0 Å². The topological polar surface area (TPSA) is 97.2 Å². The predicted octanol–water partition coefficient (Wildman–Crippen LogP) is 4.26. The molecule has 2 aromatic heterocycles. The third-order valence-corrected chi connectivity index (χ3v) is 5.79. The molecule has 11 heteroatoms. The van der Waals surface area contributed by atoms with Crippen LogP contribution in [0.25, 0.3) is 10.6 Å². The molecule has 0 aliphatic carbocycles. The van der Waals surface area contributed by atoms with Crippen LogP contribution in [-0.2, 0) is 19.1 Å². The largest absolute Gasteiger partial charge is 0.491 e. The van der Waals surface area contributed by atoms with E-state index < -0.39 is 17.9 Å². The number of hydrogen-bond acceptors (Lipinski definition) is 7. The van der Waals surface area contributed by atoms with Crippen LogP contribution in [0.4, 0.5) is 13.2 Å². The average molecular weight is 481 g/mol. The van der Waals surface area contributed by atoms with Crippen molar-refractivity contribution in [2.24, 2.45) is 0 Å². The second-order valence-electron chi connectivity index (χ2n) is 7.27. The van der Waals surface area contributed by atoms with Gasteiger partial charge in [-0.1, -0.05) is 6.92 Å². The molecule has 0 bridgehead atoms.